The van der Waals surface area contributed by atoms with E-state index in [0.717, 1.165) is 25.3 Å². The van der Waals surface area contributed by atoms with Crippen LogP contribution in [0.1, 0.15) is 50.7 Å². The van der Waals surface area contributed by atoms with E-state index in [2.05, 4.69) is 0 Å². The van der Waals surface area contributed by atoms with Gasteiger partial charge in [0.15, 0.2) is 10.5 Å². The highest BCUT2D eigenvalue weighted by atomic mass is 28.2. The zero-order chi connectivity index (χ0) is 18.1. The van der Waals surface area contributed by atoms with Gasteiger partial charge in [-0.15, -0.1) is 0 Å². The Labute approximate surface area is 145 Å². The molecule has 1 aromatic carbocycles. The third-order valence-electron chi connectivity index (χ3n) is 3.74. The Balaban J connectivity index is 2.43. The van der Waals surface area contributed by atoms with Crippen molar-refractivity contribution in [3.63, 3.8) is 0 Å². The number of halogens is 3. The van der Waals surface area contributed by atoms with E-state index in [1.54, 1.807) is 6.07 Å². The van der Waals surface area contributed by atoms with Gasteiger partial charge in [0.05, 0.1) is 5.56 Å². The molecule has 0 bridgehead atoms. The maximum atomic E-state index is 12.7. The summed E-state index contributed by atoms with van der Waals surface area (Å²) in [6.45, 7) is 4.79. The van der Waals surface area contributed by atoms with Crippen LogP contribution < -0.4 is 0 Å². The molecular weight excluding hydrogens is 337 g/mol. The highest BCUT2D eigenvalue weighted by molar-refractivity contribution is 5.98. The summed E-state index contributed by atoms with van der Waals surface area (Å²) in [6, 6.07) is 5.53. The molecule has 0 fully saturated rings. The van der Waals surface area contributed by atoms with Crippen LogP contribution in [0.3, 0.4) is 0 Å². The second-order valence-electron chi connectivity index (χ2n) is 5.51. The molecule has 0 amide bonds. The molecule has 1 rings (SSSR count). The molecule has 0 atom stereocenters. The van der Waals surface area contributed by atoms with Gasteiger partial charge in [-0.05, 0) is 44.7 Å². The molecule has 0 aliphatic rings. The van der Waals surface area contributed by atoms with E-state index >= 15 is 0 Å². The average molecular weight is 364 g/mol. The second kappa shape index (κ2) is 10.2. The van der Waals surface area contributed by atoms with Crippen LogP contribution in [0.25, 0.3) is 0 Å². The minimum Gasteiger partial charge on any atom is -0.380 e. The zero-order valence-electron chi connectivity index (χ0n) is 14.6. The van der Waals surface area contributed by atoms with Crippen molar-refractivity contribution in [2.75, 3.05) is 13.2 Å². The van der Waals surface area contributed by atoms with Crippen molar-refractivity contribution < 1.29 is 27.1 Å². The van der Waals surface area contributed by atoms with Gasteiger partial charge >= 0.3 is 6.18 Å². The van der Waals surface area contributed by atoms with Gasteiger partial charge in [0.25, 0.3) is 5.97 Å². The first kappa shape index (κ1) is 21.2. The van der Waals surface area contributed by atoms with E-state index in [1.165, 1.54) is 12.1 Å². The molecule has 0 aliphatic heterocycles. The van der Waals surface area contributed by atoms with Crippen LogP contribution in [-0.4, -0.2) is 29.7 Å². The summed E-state index contributed by atoms with van der Waals surface area (Å²) < 4.78 is 54.8. The number of unbranched alkanes of at least 4 members (excludes halogenated alkanes) is 2. The number of aryl methyl sites for hydroxylation is 1. The summed E-state index contributed by atoms with van der Waals surface area (Å²) in [5, 5.41) is 0. The lowest BCUT2D eigenvalue weighted by Gasteiger charge is -2.31. The Morgan fingerprint density at radius 3 is 2.21 bits per heavy atom. The van der Waals surface area contributed by atoms with Gasteiger partial charge in [-0.1, -0.05) is 24.6 Å². The topological polar surface area (TPSA) is 27.7 Å². The molecule has 1 aromatic rings. The first-order valence-corrected chi connectivity index (χ1v) is 9.17. The van der Waals surface area contributed by atoms with Gasteiger partial charge in [0.2, 0.25) is 0 Å². The summed E-state index contributed by atoms with van der Waals surface area (Å²) in [6.07, 6.45) is -0.503. The molecule has 0 aliphatic carbocycles. The van der Waals surface area contributed by atoms with Crippen LogP contribution in [0.15, 0.2) is 24.3 Å². The van der Waals surface area contributed by atoms with Crippen molar-refractivity contribution in [1.82, 2.24) is 0 Å². The summed E-state index contributed by atoms with van der Waals surface area (Å²) >= 11 is 0. The first-order valence-electron chi connectivity index (χ1n) is 8.36. The van der Waals surface area contributed by atoms with Crippen molar-refractivity contribution in [2.45, 2.75) is 58.1 Å². The molecule has 24 heavy (non-hydrogen) atoms. The van der Waals surface area contributed by atoms with Gasteiger partial charge < -0.3 is 13.9 Å². The van der Waals surface area contributed by atoms with Gasteiger partial charge in [0.1, 0.15) is 0 Å². The molecule has 0 radical (unpaired) electrons. The Morgan fingerprint density at radius 2 is 1.67 bits per heavy atom. The molecule has 3 nitrogen and oxygen atoms in total. The molecule has 0 saturated heterocycles. The summed E-state index contributed by atoms with van der Waals surface area (Å²) in [4.78, 5) is 0. The molecule has 0 unspecified atom stereocenters. The van der Waals surface area contributed by atoms with Crippen LogP contribution in [0.5, 0.6) is 0 Å². The van der Waals surface area contributed by atoms with Crippen LogP contribution in [-0.2, 0) is 26.5 Å². The standard InChI is InChI=1S/C17H27F3O3Si/c1-3-21-16(23-24,22-4-2)12-7-5-6-9-14-10-8-11-15(13-14)17(18,19)20/h8,10-11,13H,3-7,9,12H2,1-2,24H3. The smallest absolute Gasteiger partial charge is 0.380 e. The lowest BCUT2D eigenvalue weighted by molar-refractivity contribution is -0.344. The first-order chi connectivity index (χ1) is 11.4. The molecule has 7 heteroatoms. The van der Waals surface area contributed by atoms with Crippen LogP contribution in [0.4, 0.5) is 13.2 Å². The molecule has 138 valence electrons. The monoisotopic (exact) mass is 364 g/mol. The highest BCUT2D eigenvalue weighted by Gasteiger charge is 2.31. The normalized spacial score (nSPS) is 12.7. The molecular formula is C17H27F3O3Si. The molecule has 0 heterocycles. The second-order valence-corrected chi connectivity index (χ2v) is 5.92. The van der Waals surface area contributed by atoms with Crippen LogP contribution in [0, 0.1) is 0 Å². The van der Waals surface area contributed by atoms with Crippen LogP contribution in [0.2, 0.25) is 0 Å². The summed E-state index contributed by atoms with van der Waals surface area (Å²) in [7, 11) is 0.512. The number of hydrogen-bond acceptors (Lipinski definition) is 3. The third kappa shape index (κ3) is 6.92. The minimum atomic E-state index is -4.28. The zero-order valence-corrected chi connectivity index (χ0v) is 16.6. The molecule has 0 spiro atoms. The number of alkyl halides is 3. The predicted octanol–water partition coefficient (Wildman–Crippen LogP) is 3.83. The van der Waals surface area contributed by atoms with E-state index in [4.69, 9.17) is 13.9 Å². The van der Waals surface area contributed by atoms with E-state index in [0.29, 0.717) is 42.1 Å². The fourth-order valence-corrected chi connectivity index (χ4v) is 3.04. The van der Waals surface area contributed by atoms with E-state index in [1.807, 2.05) is 13.8 Å². The van der Waals surface area contributed by atoms with Crippen LogP contribution >= 0.6 is 0 Å². The van der Waals surface area contributed by atoms with E-state index in [9.17, 15) is 13.2 Å². The Bertz CT molecular complexity index is 474. The summed E-state index contributed by atoms with van der Waals surface area (Å²) in [5.74, 6) is -0.952. The van der Waals surface area contributed by atoms with Gasteiger partial charge in [-0.3, -0.25) is 0 Å². The lowest BCUT2D eigenvalue weighted by atomic mass is 10.0. The van der Waals surface area contributed by atoms with Gasteiger partial charge in [0, 0.05) is 19.6 Å². The Kier molecular flexibility index (Phi) is 8.97. The molecule has 0 saturated carbocycles. The van der Waals surface area contributed by atoms with E-state index in [-0.39, 0.29) is 0 Å². The number of benzene rings is 1. The summed E-state index contributed by atoms with van der Waals surface area (Å²) in [5.41, 5.74) is 0.126. The quantitative estimate of drug-likeness (QED) is 0.339. The van der Waals surface area contributed by atoms with Crippen molar-refractivity contribution >= 4 is 10.5 Å². The van der Waals surface area contributed by atoms with Crippen molar-refractivity contribution in [3.8, 4) is 0 Å². The van der Waals surface area contributed by atoms with Gasteiger partial charge in [-0.2, -0.15) is 13.2 Å². The largest absolute Gasteiger partial charge is 0.416 e. The lowest BCUT2D eigenvalue weighted by Crippen LogP contribution is -2.38. The Hall–Kier alpha value is -0.893. The van der Waals surface area contributed by atoms with Crippen molar-refractivity contribution in [1.29, 1.82) is 0 Å². The number of rotatable bonds is 11. The SMILES string of the molecule is CCOC(CCCCCc1cccc(C(F)(F)F)c1)(O[SiH3])OCC. The highest BCUT2D eigenvalue weighted by Crippen LogP contribution is 2.30. The number of hydrogen-bond donors (Lipinski definition) is 0. The maximum absolute atomic E-state index is 12.7. The fraction of sp³-hybridized carbons (Fsp3) is 0.647. The molecule has 0 aromatic heterocycles. The third-order valence-corrected chi connectivity index (χ3v) is 4.36. The van der Waals surface area contributed by atoms with Crippen molar-refractivity contribution in [2.24, 2.45) is 0 Å². The molecule has 0 N–H and O–H groups in total. The minimum absolute atomic E-state index is 0.506. The maximum Gasteiger partial charge on any atom is 0.416 e. The van der Waals surface area contributed by atoms with Gasteiger partial charge in [-0.25, -0.2) is 0 Å². The Morgan fingerprint density at radius 1 is 1.00 bits per heavy atom. The van der Waals surface area contributed by atoms with E-state index < -0.39 is 17.7 Å². The fourth-order valence-electron chi connectivity index (χ4n) is 2.60. The van der Waals surface area contributed by atoms with Crippen molar-refractivity contribution in [3.05, 3.63) is 35.4 Å². The average Bonchev–Trinajstić information content (AvgIpc) is 2.54. The number of ether oxygens (including phenoxy) is 2. The predicted molar refractivity (Wildman–Crippen MR) is 90.6 cm³/mol.